The fraction of sp³-hybridized carbons (Fsp3) is 0.375. The summed E-state index contributed by atoms with van der Waals surface area (Å²) < 4.78 is 10.9. The first-order valence-corrected chi connectivity index (χ1v) is 6.87. The van der Waals surface area contributed by atoms with Gasteiger partial charge in [-0.3, -0.25) is 0 Å². The largest absolute Gasteiger partial charge is 0.377 e. The van der Waals surface area contributed by atoms with Gasteiger partial charge in [-0.25, -0.2) is 4.98 Å². The molecule has 0 bridgehead atoms. The van der Waals surface area contributed by atoms with Crippen molar-refractivity contribution in [2.24, 2.45) is 0 Å². The van der Waals surface area contributed by atoms with Gasteiger partial charge >= 0.3 is 0 Å². The van der Waals surface area contributed by atoms with Crippen molar-refractivity contribution in [2.75, 3.05) is 32.2 Å². The number of rotatable bonds is 3. The Labute approximate surface area is 123 Å². The average Bonchev–Trinajstić information content (AvgIpc) is 2.97. The Morgan fingerprint density at radius 1 is 1.19 bits per heavy atom. The Balaban J connectivity index is 2.00. The van der Waals surface area contributed by atoms with Crippen LogP contribution in [-0.2, 0) is 9.47 Å². The van der Waals surface area contributed by atoms with Crippen LogP contribution in [0, 0.1) is 11.3 Å². The molecule has 2 heterocycles. The van der Waals surface area contributed by atoms with Gasteiger partial charge in [0.2, 0.25) is 0 Å². The van der Waals surface area contributed by atoms with E-state index in [2.05, 4.69) is 16.0 Å². The SMILES string of the molecule is COC1CN(c2cc(C#N)c3ccccc3n2)CC1OC. The lowest BCUT2D eigenvalue weighted by Gasteiger charge is -2.17. The number of nitrogens with zero attached hydrogens (tertiary/aromatic N) is 3. The fourth-order valence-electron chi connectivity index (χ4n) is 2.80. The van der Waals surface area contributed by atoms with Crippen molar-refractivity contribution < 1.29 is 9.47 Å². The minimum absolute atomic E-state index is 0.0220. The monoisotopic (exact) mass is 283 g/mol. The molecule has 1 fully saturated rings. The van der Waals surface area contributed by atoms with Crippen molar-refractivity contribution in [2.45, 2.75) is 12.2 Å². The summed E-state index contributed by atoms with van der Waals surface area (Å²) in [4.78, 5) is 6.77. The third-order valence-electron chi connectivity index (χ3n) is 3.97. The van der Waals surface area contributed by atoms with Gasteiger partial charge in [-0.15, -0.1) is 0 Å². The van der Waals surface area contributed by atoms with E-state index in [4.69, 9.17) is 9.47 Å². The van der Waals surface area contributed by atoms with Crippen LogP contribution in [0.15, 0.2) is 30.3 Å². The average molecular weight is 283 g/mol. The topological polar surface area (TPSA) is 58.4 Å². The van der Waals surface area contributed by atoms with Crippen molar-refractivity contribution in [1.29, 1.82) is 5.26 Å². The van der Waals surface area contributed by atoms with Crippen LogP contribution in [-0.4, -0.2) is 44.5 Å². The van der Waals surface area contributed by atoms with Crippen molar-refractivity contribution in [3.8, 4) is 6.07 Å². The molecule has 5 heteroatoms. The highest BCUT2D eigenvalue weighted by Gasteiger charge is 2.33. The third-order valence-corrected chi connectivity index (χ3v) is 3.97. The molecule has 0 saturated carbocycles. The molecule has 0 amide bonds. The van der Waals surface area contributed by atoms with E-state index in [1.807, 2.05) is 30.3 Å². The lowest BCUT2D eigenvalue weighted by molar-refractivity contribution is -0.00461. The molecule has 0 N–H and O–H groups in total. The second-order valence-corrected chi connectivity index (χ2v) is 5.11. The second-order valence-electron chi connectivity index (χ2n) is 5.11. The molecule has 0 radical (unpaired) electrons. The maximum atomic E-state index is 9.35. The molecular weight excluding hydrogens is 266 g/mol. The Morgan fingerprint density at radius 2 is 1.86 bits per heavy atom. The molecule has 2 unspecified atom stereocenters. The maximum Gasteiger partial charge on any atom is 0.130 e. The van der Waals surface area contributed by atoms with Crippen LogP contribution >= 0.6 is 0 Å². The van der Waals surface area contributed by atoms with Crippen LogP contribution in [0.2, 0.25) is 0 Å². The summed E-state index contributed by atoms with van der Waals surface area (Å²) in [7, 11) is 3.38. The van der Waals surface area contributed by atoms with Gasteiger partial charge in [-0.05, 0) is 12.1 Å². The molecule has 21 heavy (non-hydrogen) atoms. The van der Waals surface area contributed by atoms with Gasteiger partial charge in [0.25, 0.3) is 0 Å². The Hall–Kier alpha value is -2.16. The van der Waals surface area contributed by atoms with Crippen LogP contribution in [0.4, 0.5) is 5.82 Å². The number of para-hydroxylation sites is 1. The van der Waals surface area contributed by atoms with E-state index in [9.17, 15) is 5.26 Å². The summed E-state index contributed by atoms with van der Waals surface area (Å²) in [6, 6.07) is 11.8. The number of benzene rings is 1. The number of ether oxygens (including phenoxy) is 2. The minimum Gasteiger partial charge on any atom is -0.377 e. The highest BCUT2D eigenvalue weighted by molar-refractivity contribution is 5.86. The number of hydrogen-bond acceptors (Lipinski definition) is 5. The van der Waals surface area contributed by atoms with Crippen molar-refractivity contribution in [3.63, 3.8) is 0 Å². The molecule has 1 aliphatic heterocycles. The number of fused-ring (bicyclic) bond motifs is 1. The molecule has 1 aromatic carbocycles. The van der Waals surface area contributed by atoms with E-state index in [0.29, 0.717) is 18.7 Å². The van der Waals surface area contributed by atoms with Crippen molar-refractivity contribution in [1.82, 2.24) is 4.98 Å². The molecule has 3 rings (SSSR count). The number of anilines is 1. The zero-order valence-corrected chi connectivity index (χ0v) is 12.1. The fourth-order valence-corrected chi connectivity index (χ4v) is 2.80. The van der Waals surface area contributed by atoms with Crippen LogP contribution in [0.3, 0.4) is 0 Å². The maximum absolute atomic E-state index is 9.35. The van der Waals surface area contributed by atoms with Gasteiger partial charge < -0.3 is 14.4 Å². The van der Waals surface area contributed by atoms with E-state index in [-0.39, 0.29) is 12.2 Å². The third kappa shape index (κ3) is 2.44. The first kappa shape index (κ1) is 13.8. The van der Waals surface area contributed by atoms with Gasteiger partial charge in [0.05, 0.1) is 17.1 Å². The number of methoxy groups -OCH3 is 2. The standard InChI is InChI=1S/C16H17N3O2/c1-20-14-9-19(10-15(14)21-2)16-7-11(8-17)12-5-3-4-6-13(12)18-16/h3-7,14-15H,9-10H2,1-2H3. The zero-order valence-electron chi connectivity index (χ0n) is 12.1. The first-order valence-electron chi connectivity index (χ1n) is 6.87. The summed E-state index contributed by atoms with van der Waals surface area (Å²) >= 11 is 0. The summed E-state index contributed by atoms with van der Waals surface area (Å²) in [6.45, 7) is 1.43. The number of pyridine rings is 1. The van der Waals surface area contributed by atoms with Gasteiger partial charge in [0, 0.05) is 32.7 Å². The Morgan fingerprint density at radius 3 is 2.48 bits per heavy atom. The molecule has 5 nitrogen and oxygen atoms in total. The van der Waals surface area contributed by atoms with E-state index in [1.54, 1.807) is 14.2 Å². The second kappa shape index (κ2) is 5.68. The van der Waals surface area contributed by atoms with Crippen LogP contribution in [0.25, 0.3) is 10.9 Å². The summed E-state index contributed by atoms with van der Waals surface area (Å²) in [5.74, 6) is 0.798. The van der Waals surface area contributed by atoms with E-state index in [1.165, 1.54) is 0 Å². The number of hydrogen-bond donors (Lipinski definition) is 0. The highest BCUT2D eigenvalue weighted by atomic mass is 16.5. The minimum atomic E-state index is 0.0220. The van der Waals surface area contributed by atoms with Crippen LogP contribution in [0.1, 0.15) is 5.56 Å². The molecule has 108 valence electrons. The summed E-state index contributed by atoms with van der Waals surface area (Å²) in [6.07, 6.45) is 0.0441. The van der Waals surface area contributed by atoms with Gasteiger partial charge in [0.1, 0.15) is 18.0 Å². The number of nitriles is 1. The van der Waals surface area contributed by atoms with E-state index in [0.717, 1.165) is 16.7 Å². The van der Waals surface area contributed by atoms with Crippen molar-refractivity contribution >= 4 is 16.7 Å². The van der Waals surface area contributed by atoms with Crippen LogP contribution < -0.4 is 4.90 Å². The molecule has 1 saturated heterocycles. The predicted octanol–water partition coefficient (Wildman–Crippen LogP) is 1.96. The molecule has 0 spiro atoms. The van der Waals surface area contributed by atoms with E-state index < -0.39 is 0 Å². The van der Waals surface area contributed by atoms with Gasteiger partial charge in [-0.1, -0.05) is 18.2 Å². The summed E-state index contributed by atoms with van der Waals surface area (Å²) in [5, 5.41) is 10.2. The Kier molecular flexibility index (Phi) is 3.74. The molecule has 1 aromatic heterocycles. The smallest absolute Gasteiger partial charge is 0.130 e. The van der Waals surface area contributed by atoms with E-state index >= 15 is 0 Å². The molecule has 1 aliphatic rings. The normalized spacial score (nSPS) is 21.7. The number of aromatic nitrogens is 1. The molecule has 2 aromatic rings. The predicted molar refractivity (Wildman–Crippen MR) is 80.3 cm³/mol. The molecule has 0 aliphatic carbocycles. The highest BCUT2D eigenvalue weighted by Crippen LogP contribution is 2.26. The first-order chi connectivity index (χ1) is 10.3. The zero-order chi connectivity index (χ0) is 14.8. The van der Waals surface area contributed by atoms with Crippen LogP contribution in [0.5, 0.6) is 0 Å². The molecule has 2 atom stereocenters. The lowest BCUT2D eigenvalue weighted by Crippen LogP contribution is -2.27. The van der Waals surface area contributed by atoms with Gasteiger partial charge in [-0.2, -0.15) is 5.26 Å². The molecular formula is C16H17N3O2. The van der Waals surface area contributed by atoms with Gasteiger partial charge in [0.15, 0.2) is 0 Å². The summed E-state index contributed by atoms with van der Waals surface area (Å²) in [5.41, 5.74) is 1.48. The lowest BCUT2D eigenvalue weighted by atomic mass is 10.1. The Bertz CT molecular complexity index is 683. The quantitative estimate of drug-likeness (QED) is 0.861. The van der Waals surface area contributed by atoms with Crippen molar-refractivity contribution in [3.05, 3.63) is 35.9 Å².